The molecule has 202 valence electrons. The van der Waals surface area contributed by atoms with Crippen LogP contribution in [0.4, 0.5) is 4.39 Å². The largest absolute Gasteiger partial charge is 0.350 e. The molecule has 0 spiro atoms. The highest BCUT2D eigenvalue weighted by atomic mass is 32.1. The molecule has 3 amide bonds. The summed E-state index contributed by atoms with van der Waals surface area (Å²) in [6.07, 6.45) is 1.62. The number of amides is 3. The van der Waals surface area contributed by atoms with Crippen LogP contribution in [0.25, 0.3) is 10.4 Å². The minimum atomic E-state index is -1.86. The summed E-state index contributed by atoms with van der Waals surface area (Å²) >= 11 is 1.59. The minimum absolute atomic E-state index is 0.184. The molecule has 2 fully saturated rings. The number of benzene rings is 1. The molecule has 9 heteroatoms. The molecule has 2 heterocycles. The lowest BCUT2D eigenvalue weighted by Gasteiger charge is -2.35. The smallest absolute Gasteiger partial charge is 0.258 e. The monoisotopic (exact) mass is 530 g/mol. The Morgan fingerprint density at radius 1 is 1.19 bits per heavy atom. The Bertz CT molecular complexity index is 1110. The second-order valence-corrected chi connectivity index (χ2v) is 11.5. The highest BCUT2D eigenvalue weighted by Crippen LogP contribution is 2.40. The quantitative estimate of drug-likeness (QED) is 0.539. The van der Waals surface area contributed by atoms with Crippen molar-refractivity contribution in [2.75, 3.05) is 6.54 Å². The van der Waals surface area contributed by atoms with Crippen LogP contribution in [0.15, 0.2) is 29.8 Å². The maximum absolute atomic E-state index is 14.3. The van der Waals surface area contributed by atoms with Crippen molar-refractivity contribution < 1.29 is 18.8 Å². The number of rotatable bonds is 7. The summed E-state index contributed by atoms with van der Waals surface area (Å²) in [6, 6.07) is 6.47. The van der Waals surface area contributed by atoms with Crippen LogP contribution in [0.1, 0.15) is 71.6 Å². The molecule has 37 heavy (non-hydrogen) atoms. The van der Waals surface area contributed by atoms with Gasteiger partial charge < -0.3 is 15.5 Å². The van der Waals surface area contributed by atoms with Gasteiger partial charge in [0.15, 0.2) is 5.67 Å². The van der Waals surface area contributed by atoms with Gasteiger partial charge in [0.2, 0.25) is 11.8 Å². The lowest BCUT2D eigenvalue weighted by atomic mass is 9.85. The fraction of sp³-hybridized carbons (Fsp3) is 0.571. The molecule has 2 aromatic rings. The van der Waals surface area contributed by atoms with Crippen molar-refractivity contribution in [2.24, 2.45) is 5.41 Å². The molecular weight excluding hydrogens is 491 g/mol. The standard InChI is InChI=1S/C26H33FN4O3S.C2H6/c1-16-20(35-15-29-16)18-9-7-17(8-10-18)14-28-22(32)19-6-5-13-31(19)23(33)21(25(2,3)4)30-24(34)26(27)11-12-26;1-2/h7-10,15,19,21H,5-6,11-14H2,1-4H3,(H,28,32)(H,30,34);1-2H3. The normalized spacial score (nSPS) is 18.9. The fourth-order valence-corrected chi connectivity index (χ4v) is 5.19. The van der Waals surface area contributed by atoms with Crippen molar-refractivity contribution in [1.29, 1.82) is 0 Å². The molecule has 1 saturated heterocycles. The molecule has 4 rings (SSSR count). The van der Waals surface area contributed by atoms with Crippen molar-refractivity contribution in [1.82, 2.24) is 20.5 Å². The third-order valence-electron chi connectivity index (χ3n) is 6.75. The second kappa shape index (κ2) is 11.7. The number of carbonyl (C=O) groups is 3. The number of hydrogen-bond donors (Lipinski definition) is 2. The van der Waals surface area contributed by atoms with Gasteiger partial charge in [-0.3, -0.25) is 14.4 Å². The van der Waals surface area contributed by atoms with Crippen LogP contribution in [0.3, 0.4) is 0 Å². The van der Waals surface area contributed by atoms with Gasteiger partial charge in [0, 0.05) is 13.1 Å². The van der Waals surface area contributed by atoms with Gasteiger partial charge in [-0.1, -0.05) is 58.9 Å². The zero-order valence-electron chi connectivity index (χ0n) is 22.7. The molecule has 2 N–H and O–H groups in total. The number of carbonyl (C=O) groups excluding carboxylic acids is 3. The molecule has 7 nitrogen and oxygen atoms in total. The average molecular weight is 531 g/mol. The molecule has 0 bridgehead atoms. The van der Waals surface area contributed by atoms with Gasteiger partial charge in [-0.05, 0) is 49.1 Å². The maximum atomic E-state index is 14.3. The van der Waals surface area contributed by atoms with Crippen molar-refractivity contribution in [3.05, 3.63) is 41.0 Å². The van der Waals surface area contributed by atoms with Gasteiger partial charge in [-0.25, -0.2) is 9.37 Å². The highest BCUT2D eigenvalue weighted by molar-refractivity contribution is 7.13. The van der Waals surface area contributed by atoms with Crippen LogP contribution < -0.4 is 10.6 Å². The van der Waals surface area contributed by atoms with E-state index in [1.54, 1.807) is 16.2 Å². The van der Waals surface area contributed by atoms with E-state index in [-0.39, 0.29) is 24.7 Å². The Morgan fingerprint density at radius 2 is 1.84 bits per heavy atom. The van der Waals surface area contributed by atoms with Gasteiger partial charge in [0.1, 0.15) is 12.1 Å². The summed E-state index contributed by atoms with van der Waals surface area (Å²) in [7, 11) is 0. The summed E-state index contributed by atoms with van der Waals surface area (Å²) in [5.41, 5.74) is 2.37. The van der Waals surface area contributed by atoms with Gasteiger partial charge in [-0.15, -0.1) is 11.3 Å². The number of thiazole rings is 1. The number of likely N-dealkylation sites (tertiary alicyclic amines) is 1. The van der Waals surface area contributed by atoms with Crippen LogP contribution in [0, 0.1) is 12.3 Å². The van der Waals surface area contributed by atoms with Crippen LogP contribution in [-0.2, 0) is 20.9 Å². The average Bonchev–Trinajstić information content (AvgIpc) is 3.24. The molecule has 1 aromatic heterocycles. The third-order valence-corrected chi connectivity index (χ3v) is 7.73. The number of aryl methyl sites for hydroxylation is 1. The first-order valence-electron chi connectivity index (χ1n) is 13.1. The maximum Gasteiger partial charge on any atom is 0.258 e. The Kier molecular flexibility index (Phi) is 9.10. The molecular formula is C28H39FN4O3S. The van der Waals surface area contributed by atoms with E-state index in [0.717, 1.165) is 21.7 Å². The van der Waals surface area contributed by atoms with Crippen LogP contribution in [0.5, 0.6) is 0 Å². The van der Waals surface area contributed by atoms with E-state index < -0.39 is 29.1 Å². The number of alkyl halides is 1. The fourth-order valence-electron chi connectivity index (χ4n) is 4.37. The summed E-state index contributed by atoms with van der Waals surface area (Å²) in [4.78, 5) is 45.8. The summed E-state index contributed by atoms with van der Waals surface area (Å²) in [5, 5.41) is 5.59. The van der Waals surface area contributed by atoms with Crippen LogP contribution in [0.2, 0.25) is 0 Å². The van der Waals surface area contributed by atoms with Crippen molar-refractivity contribution in [3.8, 4) is 10.4 Å². The number of halogens is 1. The molecule has 1 aromatic carbocycles. The lowest BCUT2D eigenvalue weighted by molar-refractivity contribution is -0.144. The third kappa shape index (κ3) is 6.74. The topological polar surface area (TPSA) is 91.4 Å². The zero-order chi connectivity index (χ0) is 27.4. The summed E-state index contributed by atoms with van der Waals surface area (Å²) in [6.45, 7) is 12.3. The Morgan fingerprint density at radius 3 is 2.38 bits per heavy atom. The van der Waals surface area contributed by atoms with E-state index in [9.17, 15) is 18.8 Å². The first-order chi connectivity index (χ1) is 17.5. The molecule has 2 unspecified atom stereocenters. The molecule has 1 aliphatic heterocycles. The molecule has 1 saturated carbocycles. The molecule has 2 aliphatic rings. The van der Waals surface area contributed by atoms with Crippen molar-refractivity contribution in [3.63, 3.8) is 0 Å². The van der Waals surface area contributed by atoms with Gasteiger partial charge in [-0.2, -0.15) is 0 Å². The Balaban J connectivity index is 0.00000186. The van der Waals surface area contributed by atoms with E-state index in [1.807, 2.05) is 71.3 Å². The van der Waals surface area contributed by atoms with E-state index in [2.05, 4.69) is 15.6 Å². The zero-order valence-corrected chi connectivity index (χ0v) is 23.5. The number of hydrogen-bond acceptors (Lipinski definition) is 5. The second-order valence-electron chi connectivity index (χ2n) is 10.6. The first-order valence-corrected chi connectivity index (χ1v) is 13.9. The predicted octanol–water partition coefficient (Wildman–Crippen LogP) is 4.78. The number of nitrogens with zero attached hydrogens (tertiary/aromatic N) is 2. The predicted molar refractivity (Wildman–Crippen MR) is 145 cm³/mol. The van der Waals surface area contributed by atoms with E-state index in [0.29, 0.717) is 25.9 Å². The van der Waals surface area contributed by atoms with Gasteiger partial charge in [0.05, 0.1) is 16.1 Å². The first kappa shape index (κ1) is 28.8. The van der Waals surface area contributed by atoms with Crippen molar-refractivity contribution in [2.45, 2.75) is 91.5 Å². The highest BCUT2D eigenvalue weighted by Gasteiger charge is 2.53. The Hall–Kier alpha value is -2.81. The summed E-state index contributed by atoms with van der Waals surface area (Å²) < 4.78 is 14.3. The van der Waals surface area contributed by atoms with E-state index in [4.69, 9.17) is 0 Å². The SMILES string of the molecule is CC.Cc1ncsc1-c1ccc(CNC(=O)C2CCCN2C(=O)C(NC(=O)C2(F)CC2)C(C)(C)C)cc1. The van der Waals surface area contributed by atoms with Crippen molar-refractivity contribution >= 4 is 29.1 Å². The van der Waals surface area contributed by atoms with Gasteiger partial charge in [0.25, 0.3) is 5.91 Å². The van der Waals surface area contributed by atoms with Gasteiger partial charge >= 0.3 is 0 Å². The molecule has 0 radical (unpaired) electrons. The molecule has 2 atom stereocenters. The lowest BCUT2D eigenvalue weighted by Crippen LogP contribution is -2.58. The summed E-state index contributed by atoms with van der Waals surface area (Å²) in [5.74, 6) is -1.29. The van der Waals surface area contributed by atoms with Crippen LogP contribution >= 0.6 is 11.3 Å². The van der Waals surface area contributed by atoms with E-state index >= 15 is 0 Å². The minimum Gasteiger partial charge on any atom is -0.350 e. The van der Waals surface area contributed by atoms with Crippen LogP contribution in [-0.4, -0.2) is 51.9 Å². The molecule has 1 aliphatic carbocycles. The Labute approximate surface area is 223 Å². The van der Waals surface area contributed by atoms with E-state index in [1.165, 1.54) is 0 Å². The number of aromatic nitrogens is 1. The number of nitrogens with one attached hydrogen (secondary N) is 2.